The molecule has 1 aliphatic heterocycles. The molecule has 0 unspecified atom stereocenters. The van der Waals surface area contributed by atoms with E-state index in [4.69, 9.17) is 9.72 Å². The van der Waals surface area contributed by atoms with Gasteiger partial charge >= 0.3 is 0 Å². The van der Waals surface area contributed by atoms with Crippen LogP contribution in [0.1, 0.15) is 37.5 Å². The van der Waals surface area contributed by atoms with Gasteiger partial charge < -0.3 is 19.6 Å². The molecule has 1 aromatic carbocycles. The molecule has 29 heavy (non-hydrogen) atoms. The summed E-state index contributed by atoms with van der Waals surface area (Å²) >= 11 is 1.78. The monoisotopic (exact) mass is 412 g/mol. The largest absolute Gasteiger partial charge is 0.381 e. The van der Waals surface area contributed by atoms with Crippen molar-refractivity contribution in [2.24, 2.45) is 0 Å². The highest BCUT2D eigenvalue weighted by atomic mass is 32.2. The summed E-state index contributed by atoms with van der Waals surface area (Å²) in [6.07, 6.45) is 9.17. The third-order valence-electron chi connectivity index (χ3n) is 5.75. The highest BCUT2D eigenvalue weighted by molar-refractivity contribution is 7.98. The third kappa shape index (κ3) is 4.51. The standard InChI is InChI=1S/C22H28N4O2S/c1-29-15-8-19(21-24-17-6-2-3-7-18(17)25-21)23-20(27)16-22(9-13-28-14-10-22)26-11-4-5-12-26/h2-7,11-12,19H,8-10,13-16H2,1H3,(H,23,27)(H,24,25)/t19-/m0/s1. The molecule has 0 bridgehead atoms. The Labute approximate surface area is 175 Å². The second-order valence-electron chi connectivity index (χ2n) is 7.64. The Morgan fingerprint density at radius 2 is 2.03 bits per heavy atom. The summed E-state index contributed by atoms with van der Waals surface area (Å²) in [5, 5.41) is 3.26. The Hall–Kier alpha value is -2.25. The fraction of sp³-hybridized carbons (Fsp3) is 0.455. The first-order valence-corrected chi connectivity index (χ1v) is 11.5. The second kappa shape index (κ2) is 9.05. The summed E-state index contributed by atoms with van der Waals surface area (Å²) in [5.41, 5.74) is 1.71. The molecular formula is C22H28N4O2S. The van der Waals surface area contributed by atoms with E-state index in [0.717, 1.165) is 41.9 Å². The molecule has 0 saturated carbocycles. The number of carbonyl (C=O) groups is 1. The van der Waals surface area contributed by atoms with Gasteiger partial charge in [0.15, 0.2) is 0 Å². The number of hydrogen-bond donors (Lipinski definition) is 2. The maximum Gasteiger partial charge on any atom is 0.222 e. The zero-order valence-corrected chi connectivity index (χ0v) is 17.6. The molecule has 1 fully saturated rings. The van der Waals surface area contributed by atoms with Crippen molar-refractivity contribution < 1.29 is 9.53 Å². The summed E-state index contributed by atoms with van der Waals surface area (Å²) < 4.78 is 7.77. The minimum atomic E-state index is -0.218. The molecule has 0 aliphatic carbocycles. The number of aromatic amines is 1. The molecule has 7 heteroatoms. The molecular weight excluding hydrogens is 384 g/mol. The van der Waals surface area contributed by atoms with Gasteiger partial charge in [0.25, 0.3) is 0 Å². The fourth-order valence-corrected chi connectivity index (χ4v) is 4.59. The Morgan fingerprint density at radius 3 is 2.76 bits per heavy atom. The third-order valence-corrected chi connectivity index (χ3v) is 6.39. The number of fused-ring (bicyclic) bond motifs is 1. The SMILES string of the molecule is CSCC[C@H](NC(=O)CC1(n2cccc2)CCOCC1)c1nc2ccccc2[nH]1. The second-order valence-corrected chi connectivity index (χ2v) is 8.63. The number of para-hydroxylation sites is 2. The summed E-state index contributed by atoms with van der Waals surface area (Å²) in [4.78, 5) is 21.3. The van der Waals surface area contributed by atoms with E-state index in [1.54, 1.807) is 11.8 Å². The van der Waals surface area contributed by atoms with Crippen LogP contribution < -0.4 is 5.32 Å². The maximum absolute atomic E-state index is 13.2. The van der Waals surface area contributed by atoms with Crippen LogP contribution >= 0.6 is 11.8 Å². The van der Waals surface area contributed by atoms with Crippen molar-refractivity contribution in [3.8, 4) is 0 Å². The van der Waals surface area contributed by atoms with Gasteiger partial charge in [0.1, 0.15) is 5.82 Å². The molecule has 1 amide bonds. The van der Waals surface area contributed by atoms with E-state index in [0.29, 0.717) is 19.6 Å². The predicted molar refractivity (Wildman–Crippen MR) is 117 cm³/mol. The molecule has 0 radical (unpaired) electrons. The average Bonchev–Trinajstić information content (AvgIpc) is 3.42. The zero-order valence-electron chi connectivity index (χ0n) is 16.8. The van der Waals surface area contributed by atoms with E-state index in [1.165, 1.54) is 0 Å². The molecule has 1 saturated heterocycles. The molecule has 1 aliphatic rings. The van der Waals surface area contributed by atoms with Crippen molar-refractivity contribution in [3.05, 3.63) is 54.6 Å². The first-order chi connectivity index (χ1) is 14.2. The number of H-pyrrole nitrogens is 1. The average molecular weight is 413 g/mol. The van der Waals surface area contributed by atoms with Crippen molar-refractivity contribution in [2.75, 3.05) is 25.2 Å². The van der Waals surface area contributed by atoms with Crippen molar-refractivity contribution >= 4 is 28.7 Å². The van der Waals surface area contributed by atoms with Crippen LogP contribution in [0.2, 0.25) is 0 Å². The number of hydrogen-bond acceptors (Lipinski definition) is 4. The molecule has 1 atom stereocenters. The Morgan fingerprint density at radius 1 is 1.28 bits per heavy atom. The smallest absolute Gasteiger partial charge is 0.222 e. The molecule has 4 rings (SSSR count). The number of imidazole rings is 1. The number of nitrogens with zero attached hydrogens (tertiary/aromatic N) is 2. The van der Waals surface area contributed by atoms with Crippen LogP contribution in [0.5, 0.6) is 0 Å². The van der Waals surface area contributed by atoms with Crippen molar-refractivity contribution in [1.82, 2.24) is 19.9 Å². The van der Waals surface area contributed by atoms with Gasteiger partial charge in [-0.1, -0.05) is 12.1 Å². The Bertz CT molecular complexity index is 898. The maximum atomic E-state index is 13.2. The summed E-state index contributed by atoms with van der Waals surface area (Å²) in [7, 11) is 0. The summed E-state index contributed by atoms with van der Waals surface area (Å²) in [5.74, 6) is 1.85. The summed E-state index contributed by atoms with van der Waals surface area (Å²) in [6, 6.07) is 11.9. The normalized spacial score (nSPS) is 17.3. The number of thioether (sulfide) groups is 1. The van der Waals surface area contributed by atoms with Crippen LogP contribution in [-0.4, -0.2) is 45.7 Å². The molecule has 154 valence electrons. The van der Waals surface area contributed by atoms with Gasteiger partial charge in [0, 0.05) is 25.6 Å². The topological polar surface area (TPSA) is 71.9 Å². The van der Waals surface area contributed by atoms with E-state index in [-0.39, 0.29) is 17.5 Å². The van der Waals surface area contributed by atoms with E-state index >= 15 is 0 Å². The minimum Gasteiger partial charge on any atom is -0.381 e. The van der Waals surface area contributed by atoms with Gasteiger partial charge in [-0.25, -0.2) is 4.98 Å². The van der Waals surface area contributed by atoms with E-state index in [1.807, 2.05) is 36.4 Å². The van der Waals surface area contributed by atoms with E-state index in [9.17, 15) is 4.79 Å². The van der Waals surface area contributed by atoms with Crippen molar-refractivity contribution in [2.45, 2.75) is 37.3 Å². The van der Waals surface area contributed by atoms with Crippen LogP contribution in [0, 0.1) is 0 Å². The first-order valence-electron chi connectivity index (χ1n) is 10.1. The Balaban J connectivity index is 1.52. The van der Waals surface area contributed by atoms with E-state index in [2.05, 4.69) is 33.5 Å². The lowest BCUT2D eigenvalue weighted by Crippen LogP contribution is -2.44. The highest BCUT2D eigenvalue weighted by Crippen LogP contribution is 2.33. The fourth-order valence-electron chi connectivity index (χ4n) is 4.12. The van der Waals surface area contributed by atoms with Gasteiger partial charge in [-0.15, -0.1) is 0 Å². The van der Waals surface area contributed by atoms with Gasteiger partial charge in [-0.2, -0.15) is 11.8 Å². The number of ether oxygens (including phenoxy) is 1. The first kappa shape index (κ1) is 20.0. The number of amides is 1. The Kier molecular flexibility index (Phi) is 6.25. The zero-order chi connectivity index (χ0) is 20.1. The number of carbonyl (C=O) groups excluding carboxylic acids is 1. The van der Waals surface area contributed by atoms with Crippen LogP contribution in [0.25, 0.3) is 11.0 Å². The predicted octanol–water partition coefficient (Wildman–Crippen LogP) is 3.87. The molecule has 3 aromatic rings. The van der Waals surface area contributed by atoms with Crippen molar-refractivity contribution in [3.63, 3.8) is 0 Å². The number of nitrogens with one attached hydrogen (secondary N) is 2. The number of rotatable bonds is 8. The number of aromatic nitrogens is 3. The lowest BCUT2D eigenvalue weighted by molar-refractivity contribution is -0.125. The van der Waals surface area contributed by atoms with Gasteiger partial charge in [0.05, 0.1) is 29.0 Å². The van der Waals surface area contributed by atoms with Crippen LogP contribution in [0.4, 0.5) is 0 Å². The molecule has 2 N–H and O–H groups in total. The lowest BCUT2D eigenvalue weighted by Gasteiger charge is -2.38. The lowest BCUT2D eigenvalue weighted by atomic mass is 9.85. The quantitative estimate of drug-likeness (QED) is 0.589. The van der Waals surface area contributed by atoms with Crippen LogP contribution in [0.15, 0.2) is 48.8 Å². The van der Waals surface area contributed by atoms with Gasteiger partial charge in [-0.05, 0) is 55.5 Å². The van der Waals surface area contributed by atoms with Crippen LogP contribution in [-0.2, 0) is 15.1 Å². The summed E-state index contributed by atoms with van der Waals surface area (Å²) in [6.45, 7) is 1.37. The minimum absolute atomic E-state index is 0.0622. The highest BCUT2D eigenvalue weighted by Gasteiger charge is 2.36. The van der Waals surface area contributed by atoms with Gasteiger partial charge in [0.2, 0.25) is 5.91 Å². The van der Waals surface area contributed by atoms with Crippen LogP contribution in [0.3, 0.4) is 0 Å². The van der Waals surface area contributed by atoms with Gasteiger partial charge in [-0.3, -0.25) is 4.79 Å². The van der Waals surface area contributed by atoms with Crippen molar-refractivity contribution in [1.29, 1.82) is 0 Å². The molecule has 6 nitrogen and oxygen atoms in total. The molecule has 2 aromatic heterocycles. The van der Waals surface area contributed by atoms with E-state index < -0.39 is 0 Å². The number of benzene rings is 1. The molecule has 0 spiro atoms. The molecule has 3 heterocycles.